The molecule has 0 aliphatic heterocycles. The number of hydrogen-bond acceptors (Lipinski definition) is 4. The normalized spacial score (nSPS) is 11.3. The van der Waals surface area contributed by atoms with E-state index in [4.69, 9.17) is 5.84 Å². The van der Waals surface area contributed by atoms with Gasteiger partial charge < -0.3 is 10.7 Å². The topological polar surface area (TPSA) is 63.0 Å². The number of hydrogen-bond donors (Lipinski definition) is 3. The first-order chi connectivity index (χ1) is 9.79. The number of alkyl halides is 3. The van der Waals surface area contributed by atoms with Crippen LogP contribution in [0.15, 0.2) is 30.3 Å². The SMILES string of the molecule is Cc1cc(F)ccc1Nc1cc(C(F)(F)F)cc(NN)n1. The number of rotatable bonds is 3. The summed E-state index contributed by atoms with van der Waals surface area (Å²) in [6.07, 6.45) is -4.52. The standard InChI is InChI=1S/C13H12F4N4/c1-7-4-9(14)2-3-10(7)19-11-5-8(13(15,16)17)6-12(20-11)21-18/h2-6H,18H2,1H3,(H2,19,20,21). The van der Waals surface area contributed by atoms with E-state index in [1.54, 1.807) is 6.92 Å². The maximum atomic E-state index is 13.0. The van der Waals surface area contributed by atoms with Gasteiger partial charge in [0.1, 0.15) is 17.5 Å². The molecular weight excluding hydrogens is 288 g/mol. The highest BCUT2D eigenvalue weighted by Crippen LogP contribution is 2.32. The Balaban J connectivity index is 2.39. The van der Waals surface area contributed by atoms with Crippen LogP contribution in [-0.4, -0.2) is 4.98 Å². The quantitative estimate of drug-likeness (QED) is 0.460. The van der Waals surface area contributed by atoms with Gasteiger partial charge in [0, 0.05) is 5.69 Å². The second-order valence-corrected chi connectivity index (χ2v) is 4.35. The Labute approximate surface area is 118 Å². The number of nitrogens with two attached hydrogens (primary N) is 1. The van der Waals surface area contributed by atoms with Crippen molar-refractivity contribution in [3.05, 3.63) is 47.3 Å². The van der Waals surface area contributed by atoms with Gasteiger partial charge in [-0.1, -0.05) is 0 Å². The molecule has 2 aromatic rings. The van der Waals surface area contributed by atoms with E-state index in [0.717, 1.165) is 12.1 Å². The van der Waals surface area contributed by atoms with Crippen LogP contribution < -0.4 is 16.6 Å². The third-order valence-electron chi connectivity index (χ3n) is 2.75. The molecule has 0 unspecified atom stereocenters. The molecule has 21 heavy (non-hydrogen) atoms. The summed E-state index contributed by atoms with van der Waals surface area (Å²) in [5.74, 6) is 4.50. The van der Waals surface area contributed by atoms with Crippen molar-refractivity contribution in [2.45, 2.75) is 13.1 Å². The fraction of sp³-hybridized carbons (Fsp3) is 0.154. The second kappa shape index (κ2) is 5.57. The summed E-state index contributed by atoms with van der Waals surface area (Å²) in [4.78, 5) is 3.88. The number of halogens is 4. The molecule has 0 bridgehead atoms. The highest BCUT2D eigenvalue weighted by molar-refractivity contribution is 5.62. The molecule has 0 fully saturated rings. The molecule has 1 aromatic heterocycles. The summed E-state index contributed by atoms with van der Waals surface area (Å²) in [6, 6.07) is 5.53. The van der Waals surface area contributed by atoms with E-state index >= 15 is 0 Å². The predicted molar refractivity (Wildman–Crippen MR) is 71.5 cm³/mol. The first-order valence-corrected chi connectivity index (χ1v) is 5.88. The van der Waals surface area contributed by atoms with Crippen molar-refractivity contribution >= 4 is 17.3 Å². The monoisotopic (exact) mass is 300 g/mol. The molecule has 2 rings (SSSR count). The zero-order valence-electron chi connectivity index (χ0n) is 10.9. The lowest BCUT2D eigenvalue weighted by Crippen LogP contribution is -2.13. The Hall–Kier alpha value is -2.35. The van der Waals surface area contributed by atoms with Crippen molar-refractivity contribution in [3.63, 3.8) is 0 Å². The minimum absolute atomic E-state index is 0.0486. The zero-order valence-corrected chi connectivity index (χ0v) is 10.9. The number of pyridine rings is 1. The maximum absolute atomic E-state index is 13.0. The molecule has 0 aliphatic carbocycles. The number of aromatic nitrogens is 1. The Morgan fingerprint density at radius 2 is 1.76 bits per heavy atom. The zero-order chi connectivity index (χ0) is 15.6. The number of aryl methyl sites for hydroxylation is 1. The van der Waals surface area contributed by atoms with E-state index < -0.39 is 17.6 Å². The molecule has 0 saturated carbocycles. The van der Waals surface area contributed by atoms with Crippen molar-refractivity contribution in [1.82, 2.24) is 4.98 Å². The van der Waals surface area contributed by atoms with Gasteiger partial charge in [0.25, 0.3) is 0 Å². The largest absolute Gasteiger partial charge is 0.416 e. The fourth-order valence-corrected chi connectivity index (χ4v) is 1.74. The Bertz CT molecular complexity index is 655. The lowest BCUT2D eigenvalue weighted by molar-refractivity contribution is -0.137. The predicted octanol–water partition coefficient (Wildman–Crippen LogP) is 3.58. The van der Waals surface area contributed by atoms with Crippen molar-refractivity contribution in [2.24, 2.45) is 5.84 Å². The van der Waals surface area contributed by atoms with E-state index in [2.05, 4.69) is 15.7 Å². The highest BCUT2D eigenvalue weighted by atomic mass is 19.4. The third-order valence-corrected chi connectivity index (χ3v) is 2.75. The van der Waals surface area contributed by atoms with Crippen molar-refractivity contribution in [2.75, 3.05) is 10.7 Å². The van der Waals surface area contributed by atoms with Crippen molar-refractivity contribution in [3.8, 4) is 0 Å². The van der Waals surface area contributed by atoms with Crippen LogP contribution in [0.1, 0.15) is 11.1 Å². The fourth-order valence-electron chi connectivity index (χ4n) is 1.74. The molecule has 4 nitrogen and oxygen atoms in total. The second-order valence-electron chi connectivity index (χ2n) is 4.35. The molecule has 1 aromatic carbocycles. The Morgan fingerprint density at radius 1 is 1.10 bits per heavy atom. The first-order valence-electron chi connectivity index (χ1n) is 5.88. The minimum atomic E-state index is -4.52. The highest BCUT2D eigenvalue weighted by Gasteiger charge is 2.31. The number of benzene rings is 1. The molecule has 0 spiro atoms. The molecule has 0 saturated heterocycles. The summed E-state index contributed by atoms with van der Waals surface area (Å²) in [5, 5.41) is 2.71. The van der Waals surface area contributed by atoms with Gasteiger partial charge in [-0.3, -0.25) is 0 Å². The summed E-state index contributed by atoms with van der Waals surface area (Å²) in [5.41, 5.74) is 2.17. The van der Waals surface area contributed by atoms with Gasteiger partial charge in [-0.05, 0) is 42.8 Å². The lowest BCUT2D eigenvalue weighted by Gasteiger charge is -2.13. The Morgan fingerprint density at radius 3 is 2.33 bits per heavy atom. The van der Waals surface area contributed by atoms with E-state index in [1.807, 2.05) is 0 Å². The lowest BCUT2D eigenvalue weighted by atomic mass is 10.2. The summed E-state index contributed by atoms with van der Waals surface area (Å²) in [7, 11) is 0. The van der Waals surface area contributed by atoms with Crippen molar-refractivity contribution in [1.29, 1.82) is 0 Å². The van der Waals surface area contributed by atoms with E-state index in [-0.39, 0.29) is 11.6 Å². The smallest absolute Gasteiger partial charge is 0.340 e. The molecule has 4 N–H and O–H groups in total. The van der Waals surface area contributed by atoms with Gasteiger partial charge in [0.2, 0.25) is 0 Å². The molecule has 0 amide bonds. The van der Waals surface area contributed by atoms with E-state index in [1.165, 1.54) is 18.2 Å². The van der Waals surface area contributed by atoms with Gasteiger partial charge in [-0.2, -0.15) is 13.2 Å². The molecular formula is C13H12F4N4. The van der Waals surface area contributed by atoms with Crippen LogP contribution in [0.5, 0.6) is 0 Å². The van der Waals surface area contributed by atoms with Gasteiger partial charge in [-0.15, -0.1) is 0 Å². The maximum Gasteiger partial charge on any atom is 0.416 e. The number of nitrogen functional groups attached to an aromatic ring is 1. The van der Waals surface area contributed by atoms with Crippen LogP contribution in [0.4, 0.5) is 34.9 Å². The molecule has 8 heteroatoms. The van der Waals surface area contributed by atoms with Gasteiger partial charge >= 0.3 is 6.18 Å². The van der Waals surface area contributed by atoms with Crippen LogP contribution >= 0.6 is 0 Å². The number of nitrogens with zero attached hydrogens (tertiary/aromatic N) is 1. The molecule has 1 heterocycles. The number of hydrazine groups is 1. The Kier molecular flexibility index (Phi) is 3.99. The summed E-state index contributed by atoms with van der Waals surface area (Å²) < 4.78 is 51.4. The van der Waals surface area contributed by atoms with Crippen LogP contribution in [0.25, 0.3) is 0 Å². The van der Waals surface area contributed by atoms with Gasteiger partial charge in [-0.25, -0.2) is 15.2 Å². The van der Waals surface area contributed by atoms with Crippen molar-refractivity contribution < 1.29 is 17.6 Å². The summed E-state index contributed by atoms with van der Waals surface area (Å²) in [6.45, 7) is 1.63. The first kappa shape index (κ1) is 15.0. The number of anilines is 3. The average molecular weight is 300 g/mol. The van der Waals surface area contributed by atoms with Crippen LogP contribution in [0, 0.1) is 12.7 Å². The molecule has 0 atom stereocenters. The molecule has 0 radical (unpaired) electrons. The molecule has 0 aliphatic rings. The van der Waals surface area contributed by atoms with E-state index in [9.17, 15) is 17.6 Å². The van der Waals surface area contributed by atoms with Crippen LogP contribution in [0.3, 0.4) is 0 Å². The average Bonchev–Trinajstić information content (AvgIpc) is 2.40. The third kappa shape index (κ3) is 3.60. The minimum Gasteiger partial charge on any atom is -0.340 e. The van der Waals surface area contributed by atoms with Gasteiger partial charge in [0.05, 0.1) is 5.56 Å². The summed E-state index contributed by atoms with van der Waals surface area (Å²) >= 11 is 0. The van der Waals surface area contributed by atoms with Crippen LogP contribution in [0.2, 0.25) is 0 Å². The number of nitrogens with one attached hydrogen (secondary N) is 2. The van der Waals surface area contributed by atoms with E-state index in [0.29, 0.717) is 11.3 Å². The molecule has 112 valence electrons. The van der Waals surface area contributed by atoms with Crippen LogP contribution in [-0.2, 0) is 6.18 Å². The van der Waals surface area contributed by atoms with Gasteiger partial charge in [0.15, 0.2) is 0 Å².